The average molecular weight is 1890 g/mol. The van der Waals surface area contributed by atoms with Crippen LogP contribution >= 0.6 is 46.9 Å². The molecule has 52 nitrogen and oxygen atoms in total. The number of hydrogen-bond donors (Lipinski definition) is 12. The van der Waals surface area contributed by atoms with Crippen LogP contribution in [0.15, 0.2) is 149 Å². The molecule has 0 bridgehead atoms. The van der Waals surface area contributed by atoms with Gasteiger partial charge in [0.15, 0.2) is 12.7 Å². The van der Waals surface area contributed by atoms with Gasteiger partial charge in [-0.15, -0.1) is 21.6 Å². The summed E-state index contributed by atoms with van der Waals surface area (Å²) in [5.74, 6) is 2.16. The largest absolute Gasteiger partial charge is 0.756 e. The number of ether oxygens (including phenoxy) is 6. The number of methoxy groups -OCH3 is 2. The van der Waals surface area contributed by atoms with Crippen molar-refractivity contribution in [1.29, 1.82) is 0 Å². The molecular formula is C68H84N16O36P6-4. The summed E-state index contributed by atoms with van der Waals surface area (Å²) in [6.45, 7) is 2.44. The summed E-state index contributed by atoms with van der Waals surface area (Å²) in [7, 11) is -30.0. The number of hydrazone groups is 1. The smallest absolute Gasteiger partial charge is 0.313 e. The lowest BCUT2D eigenvalue weighted by Gasteiger charge is -2.35. The van der Waals surface area contributed by atoms with Gasteiger partial charge in [-0.3, -0.25) is 61.1 Å². The molecule has 0 aliphatic carbocycles. The van der Waals surface area contributed by atoms with Crippen molar-refractivity contribution < 1.29 is 170 Å². The van der Waals surface area contributed by atoms with Gasteiger partial charge < -0.3 is 127 Å². The summed E-state index contributed by atoms with van der Waals surface area (Å²) in [4.78, 5) is 115. The normalized spacial score (nSPS) is 27.6. The first-order valence-corrected chi connectivity index (χ1v) is 46.2. The highest BCUT2D eigenvalue weighted by atomic mass is 31.3. The van der Waals surface area contributed by atoms with Crippen molar-refractivity contribution in [2.24, 2.45) is 19.2 Å². The molecule has 126 heavy (non-hydrogen) atoms. The molecule has 686 valence electrons. The third-order valence-electron chi connectivity index (χ3n) is 19.5. The molecule has 5 aromatic heterocycles. The van der Waals surface area contributed by atoms with E-state index in [9.17, 15) is 107 Å². The fourth-order valence-corrected chi connectivity index (χ4v) is 20.1. The first kappa shape index (κ1) is 96.5. The molecule has 0 spiro atoms. The molecule has 4 aromatic carbocycles. The zero-order chi connectivity index (χ0) is 91.3. The lowest BCUT2D eigenvalue weighted by molar-refractivity contribution is -0.746. The number of nitrogens with one attached hydrogen (secondary N) is 4. The van der Waals surface area contributed by atoms with Crippen LogP contribution < -0.4 is 74.7 Å². The van der Waals surface area contributed by atoms with Crippen LogP contribution in [0.3, 0.4) is 0 Å². The lowest BCUT2D eigenvalue weighted by Crippen LogP contribution is -2.46. The second-order valence-electron chi connectivity index (χ2n) is 28.3. The molecule has 4 saturated heterocycles. The summed E-state index contributed by atoms with van der Waals surface area (Å²) >= 11 is 0. The van der Waals surface area contributed by atoms with E-state index in [1.807, 2.05) is 114 Å². The van der Waals surface area contributed by atoms with Crippen LogP contribution in [0.1, 0.15) is 38.3 Å². The number of fused-ring (bicyclic) bond motifs is 2. The monoisotopic (exact) mass is 1890 g/mol. The van der Waals surface area contributed by atoms with Crippen molar-refractivity contribution >= 4 is 92.6 Å². The van der Waals surface area contributed by atoms with Crippen LogP contribution in [0.2, 0.25) is 0 Å². The lowest BCUT2D eigenvalue weighted by atomic mass is 10.0. The zero-order valence-electron chi connectivity index (χ0n) is 66.7. The van der Waals surface area contributed by atoms with Crippen molar-refractivity contribution in [2.45, 2.75) is 124 Å². The number of rotatable bonds is 34. The highest BCUT2D eigenvalue weighted by Crippen LogP contribution is 2.64. The molecule has 58 heteroatoms. The molecule has 0 radical (unpaired) electrons. The summed E-state index contributed by atoms with van der Waals surface area (Å²) in [6.07, 6.45) is -19.4. The molecule has 10 heterocycles. The SMILES string of the molecule is C=CCNc1nc2c(c(=O)[nH]1)n(C)c[n+]2[C@@H]1O[C@H](COP(=O)([O-])OP(=O)([O-])OP(=O)([O-])OC[C@H]2O[C@@H](C)[C@@H](O)C2O)[C@H](O)C1O.COc1ccc(-c2nnn(-c3ccccc3)n2)cc1.COc1ccc(C2=NN(c3ccccc3)C(CNc3nc4c(c(=O)[nH]3)n(C)c[n+]4[C@@H]3O[C@H](COP(=O)([O-])OP(=O)([O-])OP(=O)([O-])OC[C@H]4O[C@@H](C)[C@@H](O)C4O)[C@H](O)C3O)C2)cc1. The molecule has 0 saturated carbocycles. The van der Waals surface area contributed by atoms with E-state index in [1.165, 1.54) is 69.7 Å². The topological polar surface area (TPSA) is 724 Å². The highest BCUT2D eigenvalue weighted by Gasteiger charge is 2.50. The summed E-state index contributed by atoms with van der Waals surface area (Å²) < 4.78 is 143. The van der Waals surface area contributed by atoms with Gasteiger partial charge in [0.2, 0.25) is 29.3 Å². The predicted octanol–water partition coefficient (Wildman–Crippen LogP) is -3.66. The molecule has 5 aliphatic heterocycles. The zero-order valence-corrected chi connectivity index (χ0v) is 72.0. The minimum Gasteiger partial charge on any atom is -0.756 e. The van der Waals surface area contributed by atoms with Gasteiger partial charge in [-0.2, -0.15) is 5.10 Å². The summed E-state index contributed by atoms with van der Waals surface area (Å²) in [6, 6.07) is 33.9. The maximum Gasteiger partial charge on any atom is 0.313 e. The van der Waals surface area contributed by atoms with Gasteiger partial charge in [-0.05, 0) is 97.4 Å². The number of phosphoric ester groups is 4. The minimum atomic E-state index is -6.30. The number of phosphoric acid groups is 6. The van der Waals surface area contributed by atoms with Gasteiger partial charge in [-0.1, -0.05) is 52.4 Å². The van der Waals surface area contributed by atoms with Crippen molar-refractivity contribution in [3.63, 3.8) is 0 Å². The Bertz CT molecular complexity index is 5770. The molecule has 0 amide bonds. The number of aliphatic hydroxyl groups excluding tert-OH is 8. The van der Waals surface area contributed by atoms with Gasteiger partial charge in [0.1, 0.15) is 84.7 Å². The Kier molecular flexibility index (Phi) is 30.8. The van der Waals surface area contributed by atoms with E-state index >= 15 is 0 Å². The number of anilines is 3. The predicted molar refractivity (Wildman–Crippen MR) is 417 cm³/mol. The maximum atomic E-state index is 13.4. The first-order valence-electron chi connectivity index (χ1n) is 37.5. The van der Waals surface area contributed by atoms with Crippen LogP contribution in [-0.4, -0.2) is 241 Å². The number of nitrogens with zero attached hydrogens (tertiary/aromatic N) is 12. The Morgan fingerprint density at radius 1 is 0.516 bits per heavy atom. The number of H-pyrrole nitrogens is 2. The molecule has 14 rings (SSSR count). The maximum absolute atomic E-state index is 13.4. The highest BCUT2D eigenvalue weighted by molar-refractivity contribution is 7.66. The third kappa shape index (κ3) is 23.5. The molecular weight excluding hydrogens is 1800 g/mol. The second-order valence-corrected chi connectivity index (χ2v) is 37.3. The van der Waals surface area contributed by atoms with Gasteiger partial charge in [0.25, 0.3) is 70.0 Å². The van der Waals surface area contributed by atoms with Gasteiger partial charge in [0.05, 0.1) is 90.1 Å². The number of aliphatic hydroxyl groups is 8. The van der Waals surface area contributed by atoms with Gasteiger partial charge in [0, 0.05) is 25.1 Å². The molecule has 12 N–H and O–H groups in total. The fourth-order valence-electron chi connectivity index (χ4n) is 13.3. The van der Waals surface area contributed by atoms with Crippen molar-refractivity contribution in [3.8, 4) is 28.6 Å². The molecule has 4 fully saturated rings. The number of aryl methyl sites for hydroxylation is 2. The second kappa shape index (κ2) is 40.2. The minimum absolute atomic E-state index is 0.00291. The number of aromatic amines is 2. The van der Waals surface area contributed by atoms with E-state index in [1.54, 1.807) is 14.2 Å². The molecule has 11 unspecified atom stereocenters. The number of tetrazole rings is 1. The number of hydrogen-bond acceptors (Lipinski definition) is 45. The van der Waals surface area contributed by atoms with E-state index in [0.717, 1.165) is 34.0 Å². The third-order valence-corrected chi connectivity index (χ3v) is 27.7. The summed E-state index contributed by atoms with van der Waals surface area (Å²) in [5.41, 5.74) is 3.20. The van der Waals surface area contributed by atoms with Crippen LogP contribution in [-0.2, 0) is 95.8 Å². The Labute approximate surface area is 711 Å². The fraction of sp³-hybridized carbons (Fsp3) is 0.441. The van der Waals surface area contributed by atoms with E-state index in [0.29, 0.717) is 18.0 Å². The first-order chi connectivity index (χ1) is 59.5. The van der Waals surface area contributed by atoms with Crippen LogP contribution in [0, 0.1) is 0 Å². The van der Waals surface area contributed by atoms with Gasteiger partial charge >= 0.3 is 11.3 Å². The Morgan fingerprint density at radius 3 is 1.29 bits per heavy atom. The van der Waals surface area contributed by atoms with Crippen LogP contribution in [0.4, 0.5) is 17.6 Å². The quantitative estimate of drug-likeness (QED) is 0.0105. The van der Waals surface area contributed by atoms with Crippen LogP contribution in [0.25, 0.3) is 39.4 Å². The van der Waals surface area contributed by atoms with E-state index in [2.05, 4.69) is 87.9 Å². The number of imidazole rings is 2. The Hall–Kier alpha value is -8.60. The number of benzene rings is 4. The van der Waals surface area contributed by atoms with E-state index in [-0.39, 0.29) is 53.4 Å². The van der Waals surface area contributed by atoms with Gasteiger partial charge in [-0.25, -0.2) is 26.4 Å². The van der Waals surface area contributed by atoms with E-state index in [4.69, 9.17) is 33.5 Å². The van der Waals surface area contributed by atoms with Crippen molar-refractivity contribution in [3.05, 3.63) is 161 Å². The Morgan fingerprint density at radius 2 is 0.897 bits per heavy atom. The van der Waals surface area contributed by atoms with Crippen molar-refractivity contribution in [1.82, 2.24) is 49.3 Å². The van der Waals surface area contributed by atoms with E-state index < -0.39 is 182 Å². The molecule has 5 aliphatic rings. The Balaban J connectivity index is 0.000000195. The number of para-hydroxylation sites is 2. The molecule has 9 aromatic rings. The van der Waals surface area contributed by atoms with Crippen molar-refractivity contribution in [2.75, 3.05) is 69.4 Å². The average Bonchev–Trinajstić information content (AvgIpc) is 1.60. The van der Waals surface area contributed by atoms with Crippen LogP contribution in [0.5, 0.6) is 11.5 Å². The standard InChI is InChI=1S/C34H44N7O18P3.C20H32N5O17P3.C14H12N4O/c1-18-27(42)28(43)24(56-18)15-54-60(47,48)58-62(51,52)59-61(49,50)55-16-25-29(44)30(45)33(57-25)40-17-39(2)26-31(40)36-34(37-32(26)46)35-14-21-13-23(19-9-11-22(53-3)12-10-19)38-41(21)20-7-5-4-6-8-20;1-4-5-21-20-22-17-12(18(30)23-20)24(3)8-25(17)19-16(29)15(28)11(40-19)7-38-44(33,34)42-45(35,36)41-43(31,32)37-6-10-14(27)13(26)9(2)39-10;1-19-13-9-7-11(8-10-13)14-15-17-18(16-14)12-5-3-2-4-6-12/h4-12,17-18,21,24-25,27-30,33,42-45H,13-16H2,1-3H3,(H4-,35,36,37,46,47,48,49,50,51,52);4,8-11,13-16,19,26-29H,1,5-7H2,2-3H3,(H4-,21,22,23,30,31,32,33,34,35,36);2-10H,1H3/p-4/t18-,21?,24+,25+,27+,28?,29-,30?,33+;9-,10+,11+,13+,14?,15-,16?,19+;/m00./s1. The number of aromatic nitrogens is 12. The summed E-state index contributed by atoms with van der Waals surface area (Å²) in [5, 5.41) is 107. The molecule has 23 atom stereocenters.